The average Bonchev–Trinajstić information content (AvgIpc) is 3.04. The molecule has 2 unspecified atom stereocenters. The molecule has 4 rings (SSSR count). The van der Waals surface area contributed by atoms with Crippen LogP contribution in [0.1, 0.15) is 42.1 Å². The first kappa shape index (κ1) is 16.4. The van der Waals surface area contributed by atoms with E-state index in [-0.39, 0.29) is 6.61 Å². The molecule has 25 heavy (non-hydrogen) atoms. The Morgan fingerprint density at radius 2 is 1.88 bits per heavy atom. The third-order valence-electron chi connectivity index (χ3n) is 5.39. The van der Waals surface area contributed by atoms with E-state index in [1.165, 1.54) is 27.7 Å². The Bertz CT molecular complexity index is 824. The minimum atomic E-state index is 0.252. The van der Waals surface area contributed by atoms with Crippen molar-refractivity contribution < 1.29 is 5.11 Å². The fourth-order valence-corrected chi connectivity index (χ4v) is 4.12. The Morgan fingerprint density at radius 1 is 1.08 bits per heavy atom. The van der Waals surface area contributed by atoms with Crippen LogP contribution in [0, 0.1) is 0 Å². The second-order valence-electron chi connectivity index (χ2n) is 7.06. The molecule has 130 valence electrons. The zero-order valence-corrected chi connectivity index (χ0v) is 14.5. The number of aromatic amines is 1. The highest BCUT2D eigenvalue weighted by atomic mass is 16.2. The molecule has 3 N–H and O–H groups in total. The summed E-state index contributed by atoms with van der Waals surface area (Å²) in [4.78, 5) is 3.60. The third kappa shape index (κ3) is 3.48. The summed E-state index contributed by atoms with van der Waals surface area (Å²) in [5.74, 6) is 0. The number of nitrogens with one attached hydrogen (secondary N) is 2. The third-order valence-corrected chi connectivity index (χ3v) is 5.39. The molecule has 0 radical (unpaired) electrons. The van der Waals surface area contributed by atoms with Gasteiger partial charge in [0, 0.05) is 35.3 Å². The van der Waals surface area contributed by atoms with Gasteiger partial charge in [0.25, 0.3) is 0 Å². The van der Waals surface area contributed by atoms with Crippen molar-refractivity contribution in [3.8, 4) is 0 Å². The Morgan fingerprint density at radius 3 is 2.72 bits per heavy atom. The molecule has 2 aromatic carbocycles. The van der Waals surface area contributed by atoms with E-state index in [0.717, 1.165) is 32.1 Å². The van der Waals surface area contributed by atoms with E-state index >= 15 is 0 Å². The molecule has 0 bridgehead atoms. The topological polar surface area (TPSA) is 48.0 Å². The van der Waals surface area contributed by atoms with Crippen LogP contribution in [0.2, 0.25) is 0 Å². The summed E-state index contributed by atoms with van der Waals surface area (Å²) < 4.78 is 0. The Kier molecular flexibility index (Phi) is 4.86. The molecule has 1 heterocycles. The molecule has 0 spiro atoms. The first-order valence-electron chi connectivity index (χ1n) is 9.35. The smallest absolute Gasteiger partial charge is 0.0458 e. The number of hydrogen-bond donors (Lipinski definition) is 3. The molecule has 2 atom stereocenters. The minimum Gasteiger partial charge on any atom is -0.396 e. The number of benzene rings is 2. The van der Waals surface area contributed by atoms with E-state index in [4.69, 9.17) is 0 Å². The number of rotatable bonds is 6. The van der Waals surface area contributed by atoms with E-state index in [0.29, 0.717) is 12.1 Å². The van der Waals surface area contributed by atoms with Gasteiger partial charge >= 0.3 is 0 Å². The van der Waals surface area contributed by atoms with Crippen LogP contribution in [0.5, 0.6) is 0 Å². The highest BCUT2D eigenvalue weighted by molar-refractivity contribution is 5.84. The zero-order valence-electron chi connectivity index (χ0n) is 14.5. The largest absolute Gasteiger partial charge is 0.396 e. The number of H-pyrrole nitrogens is 1. The van der Waals surface area contributed by atoms with Gasteiger partial charge in [-0.2, -0.15) is 0 Å². The summed E-state index contributed by atoms with van der Waals surface area (Å²) in [7, 11) is 0. The van der Waals surface area contributed by atoms with E-state index < -0.39 is 0 Å². The van der Waals surface area contributed by atoms with Crippen LogP contribution in [0.15, 0.2) is 54.6 Å². The second kappa shape index (κ2) is 7.42. The summed E-state index contributed by atoms with van der Waals surface area (Å²) in [6.07, 6.45) is 5.13. The van der Waals surface area contributed by atoms with Crippen LogP contribution in [0.4, 0.5) is 0 Å². The van der Waals surface area contributed by atoms with Gasteiger partial charge in [-0.3, -0.25) is 0 Å². The van der Waals surface area contributed by atoms with Crippen molar-refractivity contribution in [2.75, 3.05) is 6.61 Å². The lowest BCUT2D eigenvalue weighted by molar-refractivity contribution is 0.269. The minimum absolute atomic E-state index is 0.252. The lowest BCUT2D eigenvalue weighted by Gasteiger charge is -2.29. The van der Waals surface area contributed by atoms with Crippen LogP contribution >= 0.6 is 0 Å². The molecule has 1 aliphatic carbocycles. The summed E-state index contributed by atoms with van der Waals surface area (Å²) in [6.45, 7) is 0.252. The molecule has 3 heteroatoms. The monoisotopic (exact) mass is 334 g/mol. The second-order valence-corrected chi connectivity index (χ2v) is 7.06. The van der Waals surface area contributed by atoms with Crippen LogP contribution in [-0.2, 0) is 12.8 Å². The Labute approximate surface area is 149 Å². The molecule has 0 aliphatic heterocycles. The van der Waals surface area contributed by atoms with Crippen LogP contribution in [0.3, 0.4) is 0 Å². The number of hydrogen-bond acceptors (Lipinski definition) is 2. The van der Waals surface area contributed by atoms with E-state index in [1.807, 2.05) is 0 Å². The molecule has 1 aromatic heterocycles. The van der Waals surface area contributed by atoms with E-state index in [2.05, 4.69) is 64.9 Å². The maximum atomic E-state index is 9.26. The van der Waals surface area contributed by atoms with Gasteiger partial charge < -0.3 is 15.4 Å². The molecule has 0 saturated heterocycles. The van der Waals surface area contributed by atoms with Gasteiger partial charge in [0.2, 0.25) is 0 Å². The number of para-hydroxylation sites is 1. The highest BCUT2D eigenvalue weighted by Gasteiger charge is 2.24. The van der Waals surface area contributed by atoms with Crippen LogP contribution < -0.4 is 5.32 Å². The molecule has 0 saturated carbocycles. The van der Waals surface area contributed by atoms with Gasteiger partial charge in [-0.15, -0.1) is 0 Å². The van der Waals surface area contributed by atoms with Gasteiger partial charge in [0.05, 0.1) is 0 Å². The van der Waals surface area contributed by atoms with Gasteiger partial charge in [-0.05, 0) is 49.3 Å². The van der Waals surface area contributed by atoms with Crippen LogP contribution in [0.25, 0.3) is 10.9 Å². The van der Waals surface area contributed by atoms with Gasteiger partial charge in [-0.1, -0.05) is 48.5 Å². The predicted molar refractivity (Wildman–Crippen MR) is 103 cm³/mol. The molecular weight excluding hydrogens is 308 g/mol. The molecule has 3 aromatic rings. The number of aliphatic hydroxyl groups excluding tert-OH is 1. The fourth-order valence-electron chi connectivity index (χ4n) is 4.12. The van der Waals surface area contributed by atoms with Crippen molar-refractivity contribution in [1.82, 2.24) is 10.3 Å². The van der Waals surface area contributed by atoms with Crippen molar-refractivity contribution in [2.45, 2.75) is 44.2 Å². The summed E-state index contributed by atoms with van der Waals surface area (Å²) >= 11 is 0. The van der Waals surface area contributed by atoms with Gasteiger partial charge in [0.1, 0.15) is 0 Å². The summed E-state index contributed by atoms with van der Waals surface area (Å²) in [5.41, 5.74) is 5.47. The number of aryl methyl sites for hydroxylation is 1. The van der Waals surface area contributed by atoms with E-state index in [9.17, 15) is 5.11 Å². The molecule has 3 nitrogen and oxygen atoms in total. The normalized spacial score (nSPS) is 18.2. The first-order valence-corrected chi connectivity index (χ1v) is 9.35. The maximum Gasteiger partial charge on any atom is 0.0458 e. The Hall–Kier alpha value is -2.10. The predicted octanol–water partition coefficient (Wildman–Crippen LogP) is 4.13. The van der Waals surface area contributed by atoms with Crippen molar-refractivity contribution in [3.63, 3.8) is 0 Å². The summed E-state index contributed by atoms with van der Waals surface area (Å²) in [5, 5.41) is 14.5. The number of aromatic nitrogens is 1. The van der Waals surface area contributed by atoms with Crippen molar-refractivity contribution in [3.05, 3.63) is 71.4 Å². The lowest BCUT2D eigenvalue weighted by Crippen LogP contribution is -2.37. The molecular formula is C22H26N2O. The molecule has 0 fully saturated rings. The summed E-state index contributed by atoms with van der Waals surface area (Å²) in [6, 6.07) is 20.1. The quantitative estimate of drug-likeness (QED) is 0.635. The van der Waals surface area contributed by atoms with Crippen molar-refractivity contribution in [1.29, 1.82) is 0 Å². The maximum absolute atomic E-state index is 9.26. The van der Waals surface area contributed by atoms with Crippen molar-refractivity contribution in [2.24, 2.45) is 0 Å². The van der Waals surface area contributed by atoms with Crippen molar-refractivity contribution >= 4 is 10.9 Å². The Balaban J connectivity index is 1.53. The van der Waals surface area contributed by atoms with E-state index in [1.54, 1.807) is 0 Å². The average molecular weight is 334 g/mol. The zero-order chi connectivity index (χ0) is 17.1. The first-order chi connectivity index (χ1) is 12.3. The standard InChI is InChI=1S/C22H26N2O/c25-14-6-11-20(16-7-2-1-3-8-16)23-17-12-13-22-19(15-17)18-9-4-5-10-21(18)24-22/h1-5,7-10,17,20,23-25H,6,11-15H2. The lowest BCUT2D eigenvalue weighted by atomic mass is 9.90. The van der Waals surface area contributed by atoms with Gasteiger partial charge in [0.15, 0.2) is 0 Å². The van der Waals surface area contributed by atoms with Gasteiger partial charge in [-0.25, -0.2) is 0 Å². The number of fused-ring (bicyclic) bond motifs is 3. The highest BCUT2D eigenvalue weighted by Crippen LogP contribution is 2.30. The molecule has 1 aliphatic rings. The fraction of sp³-hybridized carbons (Fsp3) is 0.364. The number of aliphatic hydroxyl groups is 1. The van der Waals surface area contributed by atoms with Crippen LogP contribution in [-0.4, -0.2) is 22.7 Å². The molecule has 0 amide bonds. The SMILES string of the molecule is OCCCC(NC1CCc2[nH]c3ccccc3c2C1)c1ccccc1.